The Bertz CT molecular complexity index is 668. The number of Topliss-reactive ketones (excluding diaryl/α,β-unsaturated/α-hetero) is 1. The van der Waals surface area contributed by atoms with Crippen LogP contribution in [0.25, 0.3) is 0 Å². The highest BCUT2D eigenvalue weighted by atomic mass is 28.4. The van der Waals surface area contributed by atoms with Crippen molar-refractivity contribution >= 4 is 14.1 Å². The van der Waals surface area contributed by atoms with Crippen LogP contribution in [0.4, 0.5) is 0 Å². The van der Waals surface area contributed by atoms with Crippen molar-refractivity contribution < 1.29 is 14.3 Å². The van der Waals surface area contributed by atoms with E-state index in [1.54, 1.807) is 6.92 Å². The fourth-order valence-corrected chi connectivity index (χ4v) is 9.47. The van der Waals surface area contributed by atoms with Crippen LogP contribution in [0.15, 0.2) is 0 Å². The van der Waals surface area contributed by atoms with E-state index in [1.165, 1.54) is 25.7 Å². The molecular weight excluding hydrogens is 388 g/mol. The lowest BCUT2D eigenvalue weighted by Gasteiger charge is -2.61. The van der Waals surface area contributed by atoms with Gasteiger partial charge in [0.1, 0.15) is 5.78 Å². The van der Waals surface area contributed by atoms with Gasteiger partial charge in [-0.05, 0) is 111 Å². The Balaban J connectivity index is 1.50. The molecule has 0 radical (unpaired) electrons. The SMILES string of the molecule is CC(=O)C1CCC2C1CCC1C2[C@H](O)C[C@H]2C[C@H](O[Si](C)(C)C(C)(C)C)CCC12C. The lowest BCUT2D eigenvalue weighted by molar-refractivity contribution is -0.157. The van der Waals surface area contributed by atoms with E-state index in [9.17, 15) is 9.90 Å². The molecule has 0 bridgehead atoms. The zero-order valence-corrected chi connectivity index (χ0v) is 21.5. The van der Waals surface area contributed by atoms with Crippen molar-refractivity contribution in [1.29, 1.82) is 0 Å². The van der Waals surface area contributed by atoms with Gasteiger partial charge in [0.2, 0.25) is 0 Å². The second-order valence-corrected chi connectivity index (χ2v) is 17.9. The zero-order chi connectivity index (χ0) is 22.1. The molecule has 0 aromatic heterocycles. The molecule has 4 heteroatoms. The maximum absolute atomic E-state index is 12.2. The predicted octanol–water partition coefficient (Wildman–Crippen LogP) is 6.21. The van der Waals surface area contributed by atoms with Crippen LogP contribution >= 0.6 is 0 Å². The van der Waals surface area contributed by atoms with E-state index in [0.29, 0.717) is 46.9 Å². The monoisotopic (exact) mass is 434 g/mol. The summed E-state index contributed by atoms with van der Waals surface area (Å²) in [6, 6.07) is 0. The third-order valence-corrected chi connectivity index (χ3v) is 15.3. The van der Waals surface area contributed by atoms with Gasteiger partial charge in [0, 0.05) is 12.0 Å². The van der Waals surface area contributed by atoms with Gasteiger partial charge >= 0.3 is 0 Å². The third-order valence-electron chi connectivity index (χ3n) is 10.7. The molecule has 0 aromatic rings. The second-order valence-electron chi connectivity index (χ2n) is 13.2. The van der Waals surface area contributed by atoms with Crippen LogP contribution in [-0.2, 0) is 9.22 Å². The number of aliphatic hydroxyl groups is 1. The molecule has 0 aromatic carbocycles. The number of carbonyl (C=O) groups excluding carboxylic acids is 1. The summed E-state index contributed by atoms with van der Waals surface area (Å²) in [6.45, 7) is 16.1. The van der Waals surface area contributed by atoms with Crippen LogP contribution < -0.4 is 0 Å². The fourth-order valence-electron chi connectivity index (χ4n) is 8.07. The molecule has 4 rings (SSSR count). The molecule has 0 aliphatic heterocycles. The molecule has 4 aliphatic rings. The molecular formula is C26H46O3Si. The normalized spacial score (nSPS) is 46.7. The van der Waals surface area contributed by atoms with Crippen molar-refractivity contribution in [1.82, 2.24) is 0 Å². The van der Waals surface area contributed by atoms with E-state index in [-0.39, 0.29) is 17.1 Å². The number of fused-ring (bicyclic) bond motifs is 5. The van der Waals surface area contributed by atoms with Crippen molar-refractivity contribution in [2.45, 2.75) is 116 Å². The van der Waals surface area contributed by atoms with Crippen LogP contribution in [-0.4, -0.2) is 31.4 Å². The Hall–Kier alpha value is -0.193. The smallest absolute Gasteiger partial charge is 0.192 e. The summed E-state index contributed by atoms with van der Waals surface area (Å²) in [7, 11) is -1.76. The minimum absolute atomic E-state index is 0.182. The Kier molecular flexibility index (Phi) is 5.89. The molecule has 4 saturated carbocycles. The van der Waals surface area contributed by atoms with Gasteiger partial charge in [0.15, 0.2) is 8.32 Å². The summed E-state index contributed by atoms with van der Waals surface area (Å²) in [4.78, 5) is 12.2. The lowest BCUT2D eigenvalue weighted by Crippen LogP contribution is -2.57. The summed E-state index contributed by atoms with van der Waals surface area (Å²) in [5.41, 5.74) is 0.344. The molecule has 30 heavy (non-hydrogen) atoms. The summed E-state index contributed by atoms with van der Waals surface area (Å²) in [5.74, 6) is 3.41. The van der Waals surface area contributed by atoms with E-state index in [2.05, 4.69) is 40.8 Å². The Labute approximate surface area is 185 Å². The first kappa shape index (κ1) is 23.0. The van der Waals surface area contributed by atoms with Gasteiger partial charge in [-0.3, -0.25) is 4.79 Å². The highest BCUT2D eigenvalue weighted by Crippen LogP contribution is 2.64. The molecule has 1 N–H and O–H groups in total. The Morgan fingerprint density at radius 2 is 1.70 bits per heavy atom. The summed E-state index contributed by atoms with van der Waals surface area (Å²) < 4.78 is 6.84. The van der Waals surface area contributed by atoms with Gasteiger partial charge in [0.25, 0.3) is 0 Å². The van der Waals surface area contributed by atoms with Crippen molar-refractivity contribution in [3.8, 4) is 0 Å². The van der Waals surface area contributed by atoms with E-state index in [1.807, 2.05) is 0 Å². The van der Waals surface area contributed by atoms with Crippen molar-refractivity contribution in [3.05, 3.63) is 0 Å². The number of hydrogen-bond acceptors (Lipinski definition) is 3. The number of aliphatic hydroxyl groups excluding tert-OH is 1. The van der Waals surface area contributed by atoms with Crippen molar-refractivity contribution in [3.63, 3.8) is 0 Å². The molecule has 0 saturated heterocycles. The minimum atomic E-state index is -1.76. The largest absolute Gasteiger partial charge is 0.414 e. The minimum Gasteiger partial charge on any atom is -0.414 e. The highest BCUT2D eigenvalue weighted by molar-refractivity contribution is 6.74. The first-order chi connectivity index (χ1) is 13.8. The van der Waals surface area contributed by atoms with E-state index < -0.39 is 8.32 Å². The van der Waals surface area contributed by atoms with Crippen LogP contribution in [0, 0.1) is 40.9 Å². The van der Waals surface area contributed by atoms with Gasteiger partial charge in [0.05, 0.1) is 6.10 Å². The lowest BCUT2D eigenvalue weighted by atomic mass is 9.46. The molecule has 3 nitrogen and oxygen atoms in total. The molecule has 4 aliphatic carbocycles. The van der Waals surface area contributed by atoms with Gasteiger partial charge in [-0.1, -0.05) is 27.7 Å². The number of hydrogen-bond donors (Lipinski definition) is 1. The van der Waals surface area contributed by atoms with E-state index >= 15 is 0 Å². The summed E-state index contributed by atoms with van der Waals surface area (Å²) >= 11 is 0. The summed E-state index contributed by atoms with van der Waals surface area (Å²) in [5, 5.41) is 11.6. The van der Waals surface area contributed by atoms with Crippen LogP contribution in [0.3, 0.4) is 0 Å². The maximum atomic E-state index is 12.2. The second kappa shape index (κ2) is 7.69. The summed E-state index contributed by atoms with van der Waals surface area (Å²) in [6.07, 6.45) is 9.34. The molecule has 4 fully saturated rings. The molecule has 0 amide bonds. The molecule has 6 unspecified atom stereocenters. The Morgan fingerprint density at radius 3 is 2.33 bits per heavy atom. The molecule has 0 heterocycles. The van der Waals surface area contributed by atoms with E-state index in [4.69, 9.17) is 4.43 Å². The third kappa shape index (κ3) is 3.67. The Morgan fingerprint density at radius 1 is 1.03 bits per heavy atom. The first-order valence-corrected chi connectivity index (χ1v) is 15.6. The number of carbonyl (C=O) groups is 1. The van der Waals surface area contributed by atoms with Crippen molar-refractivity contribution in [2.24, 2.45) is 40.9 Å². The number of rotatable bonds is 3. The van der Waals surface area contributed by atoms with Crippen LogP contribution in [0.5, 0.6) is 0 Å². The maximum Gasteiger partial charge on any atom is 0.192 e. The standard InChI is InChI=1S/C26H46O3Si/c1-16(27)19-8-9-21-20(19)10-11-22-24(21)23(28)15-17-14-18(12-13-26(17,22)5)29-30(6,7)25(2,3)4/h17-24,28H,8-15H2,1-7H3/t17-,18-,19?,20?,21?,22?,23-,24?,26?/m1/s1. The van der Waals surface area contributed by atoms with Crippen LogP contribution in [0.1, 0.15) is 86.0 Å². The first-order valence-electron chi connectivity index (χ1n) is 12.7. The fraction of sp³-hybridized carbons (Fsp3) is 0.962. The van der Waals surface area contributed by atoms with Crippen LogP contribution in [0.2, 0.25) is 18.1 Å². The molecule has 172 valence electrons. The van der Waals surface area contributed by atoms with Gasteiger partial charge in [-0.2, -0.15) is 0 Å². The number of ketones is 1. The zero-order valence-electron chi connectivity index (χ0n) is 20.5. The molecule has 9 atom stereocenters. The van der Waals surface area contributed by atoms with Gasteiger partial charge < -0.3 is 9.53 Å². The van der Waals surface area contributed by atoms with Gasteiger partial charge in [-0.15, -0.1) is 0 Å². The average molecular weight is 435 g/mol. The average Bonchev–Trinajstić information content (AvgIpc) is 3.06. The quantitative estimate of drug-likeness (QED) is 0.537. The molecule has 0 spiro atoms. The van der Waals surface area contributed by atoms with Crippen molar-refractivity contribution in [2.75, 3.05) is 0 Å². The topological polar surface area (TPSA) is 46.5 Å². The predicted molar refractivity (Wildman–Crippen MR) is 125 cm³/mol. The van der Waals surface area contributed by atoms with Gasteiger partial charge in [-0.25, -0.2) is 0 Å². The van der Waals surface area contributed by atoms with E-state index in [0.717, 1.165) is 25.7 Å². The highest BCUT2D eigenvalue weighted by Gasteiger charge is 2.60.